The number of hydrogen-bond acceptors (Lipinski definition) is 3. The highest BCUT2D eigenvalue weighted by atomic mass is 15.2. The molecule has 0 radical (unpaired) electrons. The van der Waals surface area contributed by atoms with Crippen LogP contribution in [0.5, 0.6) is 0 Å². The van der Waals surface area contributed by atoms with Gasteiger partial charge in [-0.25, -0.2) is 4.98 Å². The molecule has 1 aromatic heterocycles. The molecule has 3 heteroatoms. The predicted molar refractivity (Wildman–Crippen MR) is 92.9 cm³/mol. The number of nitrogens with zero attached hydrogens (tertiary/aromatic N) is 2. The molecule has 0 aliphatic heterocycles. The molecule has 0 amide bonds. The summed E-state index contributed by atoms with van der Waals surface area (Å²) in [6, 6.07) is 4.41. The van der Waals surface area contributed by atoms with Crippen molar-refractivity contribution in [3.05, 3.63) is 36.0 Å². The molecule has 0 atom stereocenters. The first-order valence-electron chi connectivity index (χ1n) is 8.01. The van der Waals surface area contributed by atoms with Gasteiger partial charge in [0.1, 0.15) is 5.82 Å². The van der Waals surface area contributed by atoms with Crippen molar-refractivity contribution in [3.63, 3.8) is 0 Å². The van der Waals surface area contributed by atoms with Crippen molar-refractivity contribution in [2.45, 2.75) is 59.5 Å². The Morgan fingerprint density at radius 2 is 2.00 bits per heavy atom. The summed E-state index contributed by atoms with van der Waals surface area (Å²) in [5.41, 5.74) is 2.49. The number of rotatable bonds is 8. The first kappa shape index (κ1) is 17.7. The van der Waals surface area contributed by atoms with Gasteiger partial charge in [-0.3, -0.25) is 0 Å². The third kappa shape index (κ3) is 5.50. The summed E-state index contributed by atoms with van der Waals surface area (Å²) in [5.74, 6) is 1.05. The van der Waals surface area contributed by atoms with Crippen molar-refractivity contribution in [3.8, 4) is 0 Å². The van der Waals surface area contributed by atoms with Gasteiger partial charge < -0.3 is 10.2 Å². The Bertz CT molecular complexity index is 446. The molecule has 0 saturated carbocycles. The van der Waals surface area contributed by atoms with Crippen LogP contribution in [0, 0.1) is 0 Å². The quantitative estimate of drug-likeness (QED) is 0.580. The van der Waals surface area contributed by atoms with Gasteiger partial charge in [0, 0.05) is 24.3 Å². The van der Waals surface area contributed by atoms with E-state index in [2.05, 4.69) is 63.5 Å². The summed E-state index contributed by atoms with van der Waals surface area (Å²) >= 11 is 0. The van der Waals surface area contributed by atoms with Gasteiger partial charge >= 0.3 is 0 Å². The molecule has 21 heavy (non-hydrogen) atoms. The molecule has 1 rings (SSSR count). The van der Waals surface area contributed by atoms with Gasteiger partial charge in [0.2, 0.25) is 0 Å². The Labute approximate surface area is 130 Å². The van der Waals surface area contributed by atoms with Crippen LogP contribution in [0.2, 0.25) is 0 Å². The Morgan fingerprint density at radius 1 is 1.29 bits per heavy atom. The van der Waals surface area contributed by atoms with Gasteiger partial charge in [0.15, 0.2) is 0 Å². The zero-order valence-corrected chi connectivity index (χ0v) is 14.4. The number of aromatic nitrogens is 1. The summed E-state index contributed by atoms with van der Waals surface area (Å²) < 4.78 is 0. The lowest BCUT2D eigenvalue weighted by Gasteiger charge is -2.36. The molecule has 3 nitrogen and oxygen atoms in total. The van der Waals surface area contributed by atoms with Gasteiger partial charge in [-0.05, 0) is 57.9 Å². The minimum Gasteiger partial charge on any atom is -0.348 e. The average Bonchev–Trinajstić information content (AvgIpc) is 2.43. The van der Waals surface area contributed by atoms with Crippen molar-refractivity contribution in [2.24, 2.45) is 0 Å². The average molecular weight is 289 g/mol. The van der Waals surface area contributed by atoms with Crippen LogP contribution in [-0.2, 0) is 13.0 Å². The highest BCUT2D eigenvalue weighted by Gasteiger charge is 2.22. The fraction of sp³-hybridized carbons (Fsp3) is 0.611. The van der Waals surface area contributed by atoms with Crippen LogP contribution in [0.25, 0.3) is 0 Å². The lowest BCUT2D eigenvalue weighted by molar-refractivity contribution is 0.516. The van der Waals surface area contributed by atoms with Gasteiger partial charge in [-0.15, -0.1) is 6.58 Å². The maximum Gasteiger partial charge on any atom is 0.129 e. The summed E-state index contributed by atoms with van der Waals surface area (Å²) in [4.78, 5) is 7.12. The van der Waals surface area contributed by atoms with Crippen LogP contribution >= 0.6 is 0 Å². The summed E-state index contributed by atoms with van der Waals surface area (Å²) in [5, 5.41) is 3.47. The zero-order valence-electron chi connectivity index (χ0n) is 14.4. The molecule has 0 spiro atoms. The number of anilines is 1. The minimum atomic E-state index is 0.0294. The fourth-order valence-corrected chi connectivity index (χ4v) is 2.30. The first-order valence-corrected chi connectivity index (χ1v) is 8.01. The van der Waals surface area contributed by atoms with Crippen LogP contribution in [-0.4, -0.2) is 23.6 Å². The smallest absolute Gasteiger partial charge is 0.129 e. The van der Waals surface area contributed by atoms with E-state index in [-0.39, 0.29) is 5.54 Å². The van der Waals surface area contributed by atoms with E-state index in [9.17, 15) is 0 Å². The molecule has 1 heterocycles. The van der Waals surface area contributed by atoms with E-state index in [0.29, 0.717) is 0 Å². The molecule has 0 unspecified atom stereocenters. The Balaban J connectivity index is 3.08. The number of aryl methyl sites for hydroxylation is 1. The van der Waals surface area contributed by atoms with Crippen molar-refractivity contribution in [1.82, 2.24) is 10.3 Å². The van der Waals surface area contributed by atoms with Crippen LogP contribution in [0.3, 0.4) is 0 Å². The number of pyridine rings is 1. The molecule has 0 aromatic carbocycles. The number of nitrogens with one attached hydrogen (secondary N) is 1. The molecule has 0 fully saturated rings. The summed E-state index contributed by atoms with van der Waals surface area (Å²) in [6.45, 7) is 17.6. The van der Waals surface area contributed by atoms with Gasteiger partial charge in [-0.2, -0.15) is 0 Å². The summed E-state index contributed by atoms with van der Waals surface area (Å²) in [6.07, 6.45) is 4.06. The lowest BCUT2D eigenvalue weighted by atomic mass is 10.1. The van der Waals surface area contributed by atoms with E-state index in [1.54, 1.807) is 0 Å². The van der Waals surface area contributed by atoms with E-state index in [4.69, 9.17) is 4.98 Å². The molecule has 0 aliphatic carbocycles. The molecule has 0 aliphatic rings. The van der Waals surface area contributed by atoms with E-state index >= 15 is 0 Å². The molecule has 118 valence electrons. The highest BCUT2D eigenvalue weighted by Crippen LogP contribution is 2.23. The minimum absolute atomic E-state index is 0.0294. The van der Waals surface area contributed by atoms with E-state index in [0.717, 1.165) is 44.0 Å². The largest absolute Gasteiger partial charge is 0.348 e. The van der Waals surface area contributed by atoms with Crippen molar-refractivity contribution < 1.29 is 0 Å². The van der Waals surface area contributed by atoms with E-state index in [1.807, 2.05) is 6.08 Å². The van der Waals surface area contributed by atoms with Gasteiger partial charge in [0.05, 0.1) is 0 Å². The normalized spacial score (nSPS) is 11.5. The van der Waals surface area contributed by atoms with Gasteiger partial charge in [0.25, 0.3) is 0 Å². The highest BCUT2D eigenvalue weighted by molar-refractivity contribution is 5.46. The van der Waals surface area contributed by atoms with Crippen molar-refractivity contribution in [2.75, 3.05) is 18.0 Å². The molecule has 0 bridgehead atoms. The Hall–Kier alpha value is -1.35. The maximum atomic E-state index is 4.82. The van der Waals surface area contributed by atoms with Crippen molar-refractivity contribution in [1.29, 1.82) is 0 Å². The molecule has 0 saturated heterocycles. The molecular weight excluding hydrogens is 258 g/mol. The maximum absolute atomic E-state index is 4.82. The van der Waals surface area contributed by atoms with E-state index < -0.39 is 0 Å². The first-order chi connectivity index (χ1) is 9.92. The lowest BCUT2D eigenvalue weighted by Crippen LogP contribution is -2.42. The third-order valence-electron chi connectivity index (χ3n) is 3.44. The molecule has 1 N–H and O–H groups in total. The van der Waals surface area contributed by atoms with Crippen LogP contribution < -0.4 is 10.2 Å². The number of hydrogen-bond donors (Lipinski definition) is 1. The van der Waals surface area contributed by atoms with Crippen LogP contribution in [0.15, 0.2) is 24.8 Å². The van der Waals surface area contributed by atoms with Crippen LogP contribution in [0.4, 0.5) is 5.82 Å². The second kappa shape index (κ2) is 8.18. The Kier molecular flexibility index (Phi) is 6.90. The van der Waals surface area contributed by atoms with Gasteiger partial charge in [-0.1, -0.05) is 19.9 Å². The SMILES string of the molecule is C=CCN(c1cc(CNCCC)cc(CC)n1)C(C)(C)C. The monoisotopic (exact) mass is 289 g/mol. The third-order valence-corrected chi connectivity index (χ3v) is 3.44. The fourth-order valence-electron chi connectivity index (χ4n) is 2.30. The second-order valence-corrected chi connectivity index (χ2v) is 6.43. The Morgan fingerprint density at radius 3 is 2.52 bits per heavy atom. The van der Waals surface area contributed by atoms with Crippen molar-refractivity contribution >= 4 is 5.82 Å². The van der Waals surface area contributed by atoms with Crippen LogP contribution in [0.1, 0.15) is 52.3 Å². The standard InChI is InChI=1S/C18H31N3/c1-7-10-19-14-15-12-16(9-3)20-17(13-15)21(11-8-2)18(4,5)6/h8,12-13,19H,2,7,9-11,14H2,1,3-6H3. The topological polar surface area (TPSA) is 28.2 Å². The molecular formula is C18H31N3. The second-order valence-electron chi connectivity index (χ2n) is 6.43. The van der Waals surface area contributed by atoms with E-state index in [1.165, 1.54) is 5.56 Å². The summed E-state index contributed by atoms with van der Waals surface area (Å²) in [7, 11) is 0. The zero-order chi connectivity index (χ0) is 15.9. The molecule has 1 aromatic rings. The predicted octanol–water partition coefficient (Wildman–Crippen LogP) is 3.93.